The number of fused-ring (bicyclic) bond motifs is 1. The number of aromatic nitrogens is 2. The Morgan fingerprint density at radius 3 is 2.21 bits per heavy atom. The molecule has 0 bridgehead atoms. The number of carbonyl (C=O) groups excluding carboxylic acids is 1. The van der Waals surface area contributed by atoms with Crippen LogP contribution in [0.1, 0.15) is 10.4 Å². The molecule has 0 unspecified atom stereocenters. The number of hydrogen-bond acceptors (Lipinski definition) is 6. The zero-order chi connectivity index (χ0) is 20.5. The lowest BCUT2D eigenvalue weighted by Crippen LogP contribution is -2.13. The molecule has 0 fully saturated rings. The fourth-order valence-corrected chi connectivity index (χ4v) is 3.04. The molecule has 29 heavy (non-hydrogen) atoms. The highest BCUT2D eigenvalue weighted by Gasteiger charge is 2.21. The summed E-state index contributed by atoms with van der Waals surface area (Å²) in [6, 6.07) is 18.1. The van der Waals surface area contributed by atoms with Gasteiger partial charge in [0.05, 0.1) is 20.9 Å². The highest BCUT2D eigenvalue weighted by atomic mass is 16.6. The van der Waals surface area contributed by atoms with Crippen LogP contribution in [-0.4, -0.2) is 25.3 Å². The molecule has 0 amide bonds. The molecule has 0 saturated heterocycles. The average molecular weight is 388 g/mol. The minimum Gasteiger partial charge on any atom is -0.268 e. The number of rotatable bonds is 4. The number of benzene rings is 3. The molecule has 142 valence electrons. The van der Waals surface area contributed by atoms with Crippen LogP contribution in [0.2, 0.25) is 0 Å². The predicted molar refractivity (Wildman–Crippen MR) is 105 cm³/mol. The molecular weight excluding hydrogens is 376 g/mol. The largest absolute Gasteiger partial charge is 0.270 e. The van der Waals surface area contributed by atoms with Gasteiger partial charge in [0, 0.05) is 35.4 Å². The van der Waals surface area contributed by atoms with Crippen molar-refractivity contribution in [2.45, 2.75) is 0 Å². The third-order valence-electron chi connectivity index (χ3n) is 4.40. The minimum atomic E-state index is -0.546. The molecule has 9 nitrogen and oxygen atoms in total. The van der Waals surface area contributed by atoms with E-state index < -0.39 is 15.8 Å². The molecule has 0 aliphatic carbocycles. The maximum atomic E-state index is 13.2. The van der Waals surface area contributed by atoms with Gasteiger partial charge >= 0.3 is 0 Å². The third kappa shape index (κ3) is 3.21. The van der Waals surface area contributed by atoms with E-state index in [0.717, 1.165) is 0 Å². The maximum absolute atomic E-state index is 13.2. The number of imidazole rings is 1. The predicted octanol–water partition coefficient (Wildman–Crippen LogP) is 4.21. The van der Waals surface area contributed by atoms with Crippen LogP contribution in [0.5, 0.6) is 0 Å². The Bertz CT molecular complexity index is 1280. The standard InChI is InChI=1S/C20H12N4O5/c25-20(13-8-10-15(11-9-13)23(26)27)22-18-7-2-1-6-17(18)21-19(22)14-4-3-5-16(12-14)24(28)29/h1-12H. The maximum Gasteiger partial charge on any atom is 0.270 e. The lowest BCUT2D eigenvalue weighted by molar-refractivity contribution is -0.385. The summed E-state index contributed by atoms with van der Waals surface area (Å²) in [5.41, 5.74) is 1.46. The van der Waals surface area contributed by atoms with Crippen molar-refractivity contribution >= 4 is 28.3 Å². The lowest BCUT2D eigenvalue weighted by Gasteiger charge is -2.08. The van der Waals surface area contributed by atoms with Crippen molar-refractivity contribution in [3.05, 3.63) is 98.6 Å². The normalized spacial score (nSPS) is 10.8. The van der Waals surface area contributed by atoms with Crippen LogP contribution in [0.3, 0.4) is 0 Å². The minimum absolute atomic E-state index is 0.121. The van der Waals surface area contributed by atoms with E-state index in [1.165, 1.54) is 47.0 Å². The summed E-state index contributed by atoms with van der Waals surface area (Å²) in [5, 5.41) is 22.0. The molecule has 0 radical (unpaired) electrons. The molecule has 0 atom stereocenters. The Morgan fingerprint density at radius 2 is 1.52 bits per heavy atom. The number of hydrogen-bond donors (Lipinski definition) is 0. The second kappa shape index (κ2) is 6.97. The van der Waals surface area contributed by atoms with Gasteiger partial charge < -0.3 is 0 Å². The molecule has 0 aliphatic rings. The van der Waals surface area contributed by atoms with E-state index >= 15 is 0 Å². The van der Waals surface area contributed by atoms with Gasteiger partial charge in [-0.2, -0.15) is 0 Å². The molecule has 9 heteroatoms. The van der Waals surface area contributed by atoms with E-state index in [4.69, 9.17) is 0 Å². The number of non-ortho nitro benzene ring substituents is 2. The number of nitro benzene ring substituents is 2. The number of nitro groups is 2. The molecule has 1 aromatic heterocycles. The topological polar surface area (TPSA) is 121 Å². The molecule has 4 aromatic rings. The van der Waals surface area contributed by atoms with Gasteiger partial charge in [-0.25, -0.2) is 4.98 Å². The van der Waals surface area contributed by atoms with Crippen molar-refractivity contribution in [1.82, 2.24) is 9.55 Å². The second-order valence-electron chi connectivity index (χ2n) is 6.18. The molecule has 0 aliphatic heterocycles. The Labute approximate surface area is 163 Å². The van der Waals surface area contributed by atoms with Gasteiger partial charge in [0.15, 0.2) is 0 Å². The van der Waals surface area contributed by atoms with Crippen molar-refractivity contribution in [1.29, 1.82) is 0 Å². The van der Waals surface area contributed by atoms with Crippen LogP contribution < -0.4 is 0 Å². The first-order valence-electron chi connectivity index (χ1n) is 8.47. The van der Waals surface area contributed by atoms with Crippen LogP contribution in [0.4, 0.5) is 11.4 Å². The monoisotopic (exact) mass is 388 g/mol. The van der Waals surface area contributed by atoms with Gasteiger partial charge in [-0.15, -0.1) is 0 Å². The first-order chi connectivity index (χ1) is 14.0. The summed E-state index contributed by atoms with van der Waals surface area (Å²) in [4.78, 5) is 38.7. The van der Waals surface area contributed by atoms with Gasteiger partial charge in [-0.3, -0.25) is 29.6 Å². The van der Waals surface area contributed by atoms with Gasteiger partial charge in [0.25, 0.3) is 17.3 Å². The molecule has 4 rings (SSSR count). The van der Waals surface area contributed by atoms with Crippen molar-refractivity contribution in [2.24, 2.45) is 0 Å². The summed E-state index contributed by atoms with van der Waals surface area (Å²) in [7, 11) is 0. The molecule has 3 aromatic carbocycles. The summed E-state index contributed by atoms with van der Waals surface area (Å²) in [6.07, 6.45) is 0. The van der Waals surface area contributed by atoms with Gasteiger partial charge in [-0.05, 0) is 24.3 Å². The Morgan fingerprint density at radius 1 is 0.828 bits per heavy atom. The van der Waals surface area contributed by atoms with Crippen LogP contribution in [0, 0.1) is 20.2 Å². The van der Waals surface area contributed by atoms with Gasteiger partial charge in [-0.1, -0.05) is 24.3 Å². The fourth-order valence-electron chi connectivity index (χ4n) is 3.04. The van der Waals surface area contributed by atoms with Crippen LogP contribution in [0.15, 0.2) is 72.8 Å². The van der Waals surface area contributed by atoms with Crippen molar-refractivity contribution in [3.63, 3.8) is 0 Å². The van der Waals surface area contributed by atoms with Gasteiger partial charge in [0.2, 0.25) is 0 Å². The van der Waals surface area contributed by atoms with Crippen LogP contribution in [0.25, 0.3) is 22.4 Å². The SMILES string of the molecule is O=C(c1ccc([N+](=O)[O-])cc1)n1c(-c2cccc([N+](=O)[O-])c2)nc2ccccc21. The second-order valence-corrected chi connectivity index (χ2v) is 6.18. The van der Waals surface area contributed by atoms with Crippen molar-refractivity contribution in [3.8, 4) is 11.4 Å². The summed E-state index contributed by atoms with van der Waals surface area (Å²) in [5.74, 6) is -0.201. The highest BCUT2D eigenvalue weighted by Crippen LogP contribution is 2.28. The summed E-state index contributed by atoms with van der Waals surface area (Å²) >= 11 is 0. The average Bonchev–Trinajstić information content (AvgIpc) is 3.13. The van der Waals surface area contributed by atoms with Crippen molar-refractivity contribution < 1.29 is 14.6 Å². The van der Waals surface area contributed by atoms with E-state index in [1.807, 2.05) is 0 Å². The zero-order valence-corrected chi connectivity index (χ0v) is 14.8. The summed E-state index contributed by atoms with van der Waals surface area (Å²) < 4.78 is 1.36. The first-order valence-corrected chi connectivity index (χ1v) is 8.47. The number of carbonyl (C=O) groups is 1. The third-order valence-corrected chi connectivity index (χ3v) is 4.40. The Balaban J connectivity index is 1.90. The molecule has 1 heterocycles. The van der Waals surface area contributed by atoms with Crippen LogP contribution in [-0.2, 0) is 0 Å². The Kier molecular flexibility index (Phi) is 4.32. The molecule has 0 saturated carbocycles. The molecular formula is C20H12N4O5. The van der Waals surface area contributed by atoms with E-state index in [2.05, 4.69) is 4.98 Å². The fraction of sp³-hybridized carbons (Fsp3) is 0. The quantitative estimate of drug-likeness (QED) is 0.381. The van der Waals surface area contributed by atoms with E-state index in [0.29, 0.717) is 16.6 Å². The first kappa shape index (κ1) is 18.0. The Hall–Kier alpha value is -4.40. The highest BCUT2D eigenvalue weighted by molar-refractivity contribution is 6.04. The van der Waals surface area contributed by atoms with E-state index in [1.54, 1.807) is 30.3 Å². The summed E-state index contributed by atoms with van der Waals surface area (Å²) in [6.45, 7) is 0. The smallest absolute Gasteiger partial charge is 0.268 e. The number of para-hydroxylation sites is 2. The number of nitrogens with zero attached hydrogens (tertiary/aromatic N) is 4. The molecule has 0 N–H and O–H groups in total. The molecule has 0 spiro atoms. The van der Waals surface area contributed by atoms with Gasteiger partial charge in [0.1, 0.15) is 5.82 Å². The van der Waals surface area contributed by atoms with E-state index in [9.17, 15) is 25.0 Å². The van der Waals surface area contributed by atoms with Crippen LogP contribution >= 0.6 is 0 Å². The van der Waals surface area contributed by atoms with E-state index in [-0.39, 0.29) is 22.8 Å². The lowest BCUT2D eigenvalue weighted by atomic mass is 10.1. The zero-order valence-electron chi connectivity index (χ0n) is 14.8. The van der Waals surface area contributed by atoms with Crippen molar-refractivity contribution in [2.75, 3.05) is 0 Å².